The van der Waals surface area contributed by atoms with Crippen LogP contribution in [0.5, 0.6) is 11.5 Å². The third-order valence-electron chi connectivity index (χ3n) is 5.67. The Morgan fingerprint density at radius 1 is 1.00 bits per heavy atom. The number of amides is 2. The van der Waals surface area contributed by atoms with E-state index in [-0.39, 0.29) is 11.8 Å². The van der Waals surface area contributed by atoms with E-state index < -0.39 is 0 Å². The number of methoxy groups -OCH3 is 2. The molecule has 9 nitrogen and oxygen atoms in total. The molecule has 0 aromatic heterocycles. The summed E-state index contributed by atoms with van der Waals surface area (Å²) >= 11 is 0. The number of hydrogen-bond donors (Lipinski definition) is 2. The predicted octanol–water partition coefficient (Wildman–Crippen LogP) is 2.47. The van der Waals surface area contributed by atoms with Crippen molar-refractivity contribution in [1.29, 1.82) is 0 Å². The molecule has 0 saturated carbocycles. The zero-order chi connectivity index (χ0) is 24.5. The van der Waals surface area contributed by atoms with Crippen LogP contribution in [0.2, 0.25) is 0 Å². The second-order valence-corrected chi connectivity index (χ2v) is 8.21. The van der Waals surface area contributed by atoms with Crippen LogP contribution in [0.15, 0.2) is 36.4 Å². The number of ether oxygens (including phenoxy) is 3. The Morgan fingerprint density at radius 2 is 1.76 bits per heavy atom. The van der Waals surface area contributed by atoms with E-state index >= 15 is 0 Å². The first-order valence-corrected chi connectivity index (χ1v) is 11.4. The van der Waals surface area contributed by atoms with E-state index in [9.17, 15) is 9.59 Å². The maximum Gasteiger partial charge on any atom is 0.259 e. The summed E-state index contributed by atoms with van der Waals surface area (Å²) in [6, 6.07) is 10.3. The van der Waals surface area contributed by atoms with Gasteiger partial charge in [0, 0.05) is 51.2 Å². The lowest BCUT2D eigenvalue weighted by Crippen LogP contribution is -2.38. The van der Waals surface area contributed by atoms with Gasteiger partial charge in [-0.05, 0) is 43.3 Å². The Hall–Kier alpha value is -3.30. The van der Waals surface area contributed by atoms with Gasteiger partial charge in [-0.3, -0.25) is 14.5 Å². The minimum atomic E-state index is -0.339. The normalized spacial score (nSPS) is 13.8. The molecule has 3 rings (SSSR count). The summed E-state index contributed by atoms with van der Waals surface area (Å²) in [5, 5.41) is 5.87. The highest BCUT2D eigenvalue weighted by atomic mass is 16.5. The second-order valence-electron chi connectivity index (χ2n) is 8.21. The molecule has 1 saturated heterocycles. The molecule has 1 fully saturated rings. The number of nitrogens with one attached hydrogen (secondary N) is 2. The molecule has 0 radical (unpaired) electrons. The molecule has 1 aliphatic heterocycles. The van der Waals surface area contributed by atoms with Gasteiger partial charge >= 0.3 is 0 Å². The van der Waals surface area contributed by atoms with Crippen molar-refractivity contribution in [2.75, 3.05) is 77.9 Å². The van der Waals surface area contributed by atoms with Crippen molar-refractivity contribution in [1.82, 2.24) is 10.2 Å². The van der Waals surface area contributed by atoms with Crippen molar-refractivity contribution < 1.29 is 23.8 Å². The Bertz CT molecular complexity index is 989. The van der Waals surface area contributed by atoms with Crippen molar-refractivity contribution in [3.63, 3.8) is 0 Å². The Kier molecular flexibility index (Phi) is 9.12. The number of rotatable bonds is 10. The monoisotopic (exact) mass is 470 g/mol. The largest absolute Gasteiger partial charge is 0.497 e. The molecule has 2 aromatic rings. The van der Waals surface area contributed by atoms with Crippen molar-refractivity contribution in [2.24, 2.45) is 0 Å². The van der Waals surface area contributed by atoms with Gasteiger partial charge in [-0.1, -0.05) is 0 Å². The standard InChI is InChI=1S/C25H34N4O5/c1-28(2)22-9-6-18(27-25(31)20-8-7-19(32-3)17-23(20)33-4)16-21(22)24(30)26-10-5-11-29-12-14-34-15-13-29/h6-9,16-17H,5,10-15H2,1-4H3,(H,26,30)(H,27,31). The predicted molar refractivity (Wildman–Crippen MR) is 132 cm³/mol. The third-order valence-corrected chi connectivity index (χ3v) is 5.67. The van der Waals surface area contributed by atoms with Crippen molar-refractivity contribution in [3.05, 3.63) is 47.5 Å². The van der Waals surface area contributed by atoms with Gasteiger partial charge in [0.15, 0.2) is 0 Å². The zero-order valence-corrected chi connectivity index (χ0v) is 20.3. The zero-order valence-electron chi connectivity index (χ0n) is 20.3. The van der Waals surface area contributed by atoms with Gasteiger partial charge in [-0.25, -0.2) is 0 Å². The van der Waals surface area contributed by atoms with Gasteiger partial charge in [0.1, 0.15) is 11.5 Å². The quantitative estimate of drug-likeness (QED) is 0.516. The SMILES string of the molecule is COc1ccc(C(=O)Nc2ccc(N(C)C)c(C(=O)NCCCN3CCOCC3)c2)c(OC)c1. The molecule has 34 heavy (non-hydrogen) atoms. The van der Waals surface area contributed by atoms with Crippen molar-refractivity contribution in [2.45, 2.75) is 6.42 Å². The molecule has 2 aromatic carbocycles. The second kappa shape index (κ2) is 12.2. The van der Waals surface area contributed by atoms with Crippen LogP contribution < -0.4 is 25.0 Å². The first-order valence-electron chi connectivity index (χ1n) is 11.4. The summed E-state index contributed by atoms with van der Waals surface area (Å²) in [6.07, 6.45) is 0.858. The van der Waals surface area contributed by atoms with Crippen molar-refractivity contribution in [3.8, 4) is 11.5 Å². The summed E-state index contributed by atoms with van der Waals surface area (Å²) in [4.78, 5) is 30.1. The fourth-order valence-corrected chi connectivity index (χ4v) is 3.79. The minimum absolute atomic E-state index is 0.177. The van der Waals surface area contributed by atoms with Crippen LogP contribution in [-0.4, -0.2) is 84.4 Å². The average molecular weight is 471 g/mol. The molecule has 0 spiro atoms. The fourth-order valence-electron chi connectivity index (χ4n) is 3.79. The molecular formula is C25H34N4O5. The highest BCUT2D eigenvalue weighted by molar-refractivity contribution is 6.07. The first kappa shape index (κ1) is 25.3. The summed E-state index contributed by atoms with van der Waals surface area (Å²) in [6.45, 7) is 4.88. The van der Waals surface area contributed by atoms with Crippen LogP contribution in [0.3, 0.4) is 0 Å². The molecule has 9 heteroatoms. The Labute approximate surface area is 201 Å². The highest BCUT2D eigenvalue weighted by Crippen LogP contribution is 2.27. The topological polar surface area (TPSA) is 92.4 Å². The van der Waals surface area contributed by atoms with E-state index in [4.69, 9.17) is 14.2 Å². The van der Waals surface area contributed by atoms with Crippen LogP contribution in [0.1, 0.15) is 27.1 Å². The lowest BCUT2D eigenvalue weighted by atomic mass is 10.1. The Morgan fingerprint density at radius 3 is 2.44 bits per heavy atom. The maximum atomic E-state index is 13.0. The van der Waals surface area contributed by atoms with E-state index in [1.165, 1.54) is 7.11 Å². The lowest BCUT2D eigenvalue weighted by molar-refractivity contribution is 0.0374. The molecular weight excluding hydrogens is 436 g/mol. The van der Waals surface area contributed by atoms with E-state index in [1.54, 1.807) is 37.4 Å². The summed E-state index contributed by atoms with van der Waals surface area (Å²) < 4.78 is 15.9. The highest BCUT2D eigenvalue weighted by Gasteiger charge is 2.18. The van der Waals surface area contributed by atoms with Crippen molar-refractivity contribution >= 4 is 23.2 Å². The molecule has 2 N–H and O–H groups in total. The van der Waals surface area contributed by atoms with Gasteiger partial charge in [-0.15, -0.1) is 0 Å². The van der Waals surface area contributed by atoms with E-state index in [0.29, 0.717) is 34.9 Å². The van der Waals surface area contributed by atoms with Crippen LogP contribution in [0.25, 0.3) is 0 Å². The van der Waals surface area contributed by atoms with Gasteiger partial charge in [0.25, 0.3) is 11.8 Å². The van der Waals surface area contributed by atoms with Gasteiger partial charge in [0.2, 0.25) is 0 Å². The van der Waals surface area contributed by atoms with E-state index in [0.717, 1.165) is 45.0 Å². The molecule has 1 heterocycles. The van der Waals surface area contributed by atoms with Crippen LogP contribution >= 0.6 is 0 Å². The molecule has 0 unspecified atom stereocenters. The number of morpholine rings is 1. The Balaban J connectivity index is 1.67. The van der Waals surface area contributed by atoms with Gasteiger partial charge < -0.3 is 29.7 Å². The van der Waals surface area contributed by atoms with Crippen LogP contribution in [-0.2, 0) is 4.74 Å². The number of carbonyl (C=O) groups is 2. The van der Waals surface area contributed by atoms with Crippen LogP contribution in [0, 0.1) is 0 Å². The smallest absolute Gasteiger partial charge is 0.259 e. The number of carbonyl (C=O) groups excluding carboxylic acids is 2. The third kappa shape index (κ3) is 6.61. The van der Waals surface area contributed by atoms with Crippen LogP contribution in [0.4, 0.5) is 11.4 Å². The van der Waals surface area contributed by atoms with E-state index in [2.05, 4.69) is 15.5 Å². The molecule has 0 aliphatic carbocycles. The van der Waals surface area contributed by atoms with Gasteiger partial charge in [0.05, 0.1) is 38.6 Å². The maximum absolute atomic E-state index is 13.0. The molecule has 1 aliphatic rings. The molecule has 184 valence electrons. The number of benzene rings is 2. The first-order chi connectivity index (χ1) is 16.4. The molecule has 0 bridgehead atoms. The summed E-state index contributed by atoms with van der Waals surface area (Å²) in [7, 11) is 6.81. The van der Waals surface area contributed by atoms with E-state index in [1.807, 2.05) is 25.1 Å². The molecule has 2 amide bonds. The summed E-state index contributed by atoms with van der Waals surface area (Å²) in [5.41, 5.74) is 2.16. The number of anilines is 2. The summed E-state index contributed by atoms with van der Waals surface area (Å²) in [5.74, 6) is 0.481. The lowest BCUT2D eigenvalue weighted by Gasteiger charge is -2.26. The van der Waals surface area contributed by atoms with Gasteiger partial charge in [-0.2, -0.15) is 0 Å². The molecule has 0 atom stereocenters. The fraction of sp³-hybridized carbons (Fsp3) is 0.440. The average Bonchev–Trinajstić information content (AvgIpc) is 2.86. The number of hydrogen-bond acceptors (Lipinski definition) is 7. The minimum Gasteiger partial charge on any atom is -0.497 e. The number of nitrogens with zero attached hydrogens (tertiary/aromatic N) is 2.